The highest BCUT2D eigenvalue weighted by Gasteiger charge is 2.14. The molecule has 0 fully saturated rings. The van der Waals surface area contributed by atoms with Gasteiger partial charge in [0.2, 0.25) is 0 Å². The lowest BCUT2D eigenvalue weighted by Gasteiger charge is -2.17. The molecule has 0 saturated heterocycles. The average Bonchev–Trinajstić information content (AvgIpc) is 2.78. The van der Waals surface area contributed by atoms with E-state index in [4.69, 9.17) is 0 Å². The molecule has 0 bridgehead atoms. The summed E-state index contributed by atoms with van der Waals surface area (Å²) in [6.45, 7) is 9.08. The van der Waals surface area contributed by atoms with Crippen LogP contribution in [-0.4, -0.2) is 0 Å². The van der Waals surface area contributed by atoms with Crippen LogP contribution in [0.2, 0.25) is 0 Å². The van der Waals surface area contributed by atoms with Gasteiger partial charge in [0.05, 0.1) is 0 Å². The highest BCUT2D eigenvalue weighted by Crippen LogP contribution is 2.40. The maximum absolute atomic E-state index is 2.43. The Labute approximate surface area is 179 Å². The lowest BCUT2D eigenvalue weighted by Crippen LogP contribution is -1.93. The largest absolute Gasteiger partial charge is 0.0616 e. The third kappa shape index (κ3) is 2.99. The molecule has 0 unspecified atom stereocenters. The van der Waals surface area contributed by atoms with Crippen LogP contribution in [0.5, 0.6) is 0 Å². The molecule has 0 saturated carbocycles. The Morgan fingerprint density at radius 2 is 1.00 bits per heavy atom. The molecule has 0 aromatic heterocycles. The van der Waals surface area contributed by atoms with Gasteiger partial charge in [0, 0.05) is 0 Å². The van der Waals surface area contributed by atoms with Gasteiger partial charge in [0.15, 0.2) is 0 Å². The smallest absolute Gasteiger partial charge is 0.00926 e. The summed E-state index contributed by atoms with van der Waals surface area (Å²) >= 11 is 0. The van der Waals surface area contributed by atoms with E-state index in [0.29, 0.717) is 11.8 Å². The Bertz CT molecular complexity index is 1370. The van der Waals surface area contributed by atoms with Crippen LogP contribution in [0.15, 0.2) is 84.9 Å². The van der Waals surface area contributed by atoms with E-state index in [9.17, 15) is 0 Å². The standard InChI is InChI=1S/C30H28/c1-19(2)21-13-15-22(16-14-21)28-18-30-25-11-7-5-9-23(25)27(20(3)4)17-29(30)26-12-8-6-10-24(26)28/h5-20H,1-4H3. The zero-order valence-corrected chi connectivity index (χ0v) is 18.2. The number of hydrogen-bond acceptors (Lipinski definition) is 0. The molecule has 0 aliphatic heterocycles. The minimum atomic E-state index is 0.487. The van der Waals surface area contributed by atoms with Crippen LogP contribution in [0.4, 0.5) is 0 Å². The molecule has 0 radical (unpaired) electrons. The first-order valence-corrected chi connectivity index (χ1v) is 11.0. The van der Waals surface area contributed by atoms with Crippen LogP contribution >= 0.6 is 0 Å². The van der Waals surface area contributed by atoms with Crippen LogP contribution < -0.4 is 0 Å². The summed E-state index contributed by atoms with van der Waals surface area (Å²) in [7, 11) is 0. The van der Waals surface area contributed by atoms with Gasteiger partial charge in [0.25, 0.3) is 0 Å². The molecule has 0 aliphatic rings. The van der Waals surface area contributed by atoms with Crippen molar-refractivity contribution in [3.05, 3.63) is 96.1 Å². The third-order valence-electron chi connectivity index (χ3n) is 6.42. The van der Waals surface area contributed by atoms with Crippen LogP contribution in [0, 0.1) is 0 Å². The fraction of sp³-hybridized carbons (Fsp3) is 0.200. The number of rotatable bonds is 3. The summed E-state index contributed by atoms with van der Waals surface area (Å²) in [5.74, 6) is 1.03. The molecule has 148 valence electrons. The van der Waals surface area contributed by atoms with Crippen molar-refractivity contribution >= 4 is 32.3 Å². The second kappa shape index (κ2) is 7.29. The van der Waals surface area contributed by atoms with Gasteiger partial charge < -0.3 is 0 Å². The SMILES string of the molecule is CC(C)c1ccc(-c2cc3c4ccccc4c(C(C)C)cc3c3ccccc23)cc1. The van der Waals surface area contributed by atoms with E-state index >= 15 is 0 Å². The van der Waals surface area contributed by atoms with Crippen molar-refractivity contribution in [1.29, 1.82) is 0 Å². The lowest BCUT2D eigenvalue weighted by molar-refractivity contribution is 0.867. The van der Waals surface area contributed by atoms with Gasteiger partial charge in [0.1, 0.15) is 0 Å². The van der Waals surface area contributed by atoms with Gasteiger partial charge in [-0.15, -0.1) is 0 Å². The number of fused-ring (bicyclic) bond motifs is 5. The Kier molecular flexibility index (Phi) is 4.59. The van der Waals surface area contributed by atoms with Crippen LogP contribution in [-0.2, 0) is 0 Å². The predicted octanol–water partition coefficient (Wildman–Crippen LogP) is 9.06. The average molecular weight is 389 g/mol. The first-order chi connectivity index (χ1) is 14.5. The van der Waals surface area contributed by atoms with Crippen molar-refractivity contribution < 1.29 is 0 Å². The Hall–Kier alpha value is -3.12. The first kappa shape index (κ1) is 18.9. The molecule has 0 N–H and O–H groups in total. The third-order valence-corrected chi connectivity index (χ3v) is 6.42. The summed E-state index contributed by atoms with van der Waals surface area (Å²) in [5, 5.41) is 8.09. The molecule has 0 nitrogen and oxygen atoms in total. The normalized spacial score (nSPS) is 11.9. The molecule has 0 amide bonds. The van der Waals surface area contributed by atoms with E-state index in [0.717, 1.165) is 0 Å². The van der Waals surface area contributed by atoms with Gasteiger partial charge in [-0.3, -0.25) is 0 Å². The van der Waals surface area contributed by atoms with Crippen LogP contribution in [0.25, 0.3) is 43.4 Å². The monoisotopic (exact) mass is 388 g/mol. The van der Waals surface area contributed by atoms with E-state index in [1.807, 2.05) is 0 Å². The maximum atomic E-state index is 2.43. The maximum Gasteiger partial charge on any atom is -0.00926 e. The van der Waals surface area contributed by atoms with Gasteiger partial charge in [-0.05, 0) is 78.5 Å². The van der Waals surface area contributed by atoms with Crippen molar-refractivity contribution in [3.8, 4) is 11.1 Å². The summed E-state index contributed by atoms with van der Waals surface area (Å²) in [6, 6.07) is 31.7. The first-order valence-electron chi connectivity index (χ1n) is 11.0. The zero-order valence-electron chi connectivity index (χ0n) is 18.2. The van der Waals surface area contributed by atoms with Crippen molar-refractivity contribution in [2.75, 3.05) is 0 Å². The zero-order chi connectivity index (χ0) is 20.8. The van der Waals surface area contributed by atoms with E-state index in [2.05, 4.69) is 113 Å². The van der Waals surface area contributed by atoms with Crippen molar-refractivity contribution in [2.24, 2.45) is 0 Å². The molecular formula is C30H28. The molecule has 0 atom stereocenters. The number of benzene rings is 5. The highest BCUT2D eigenvalue weighted by atomic mass is 14.2. The van der Waals surface area contributed by atoms with Gasteiger partial charge >= 0.3 is 0 Å². The Morgan fingerprint density at radius 1 is 0.467 bits per heavy atom. The van der Waals surface area contributed by atoms with Gasteiger partial charge in [-0.1, -0.05) is 100 Å². The quantitative estimate of drug-likeness (QED) is 0.270. The lowest BCUT2D eigenvalue weighted by atomic mass is 9.86. The van der Waals surface area contributed by atoms with E-state index in [1.54, 1.807) is 0 Å². The minimum absolute atomic E-state index is 0.487. The van der Waals surface area contributed by atoms with Crippen molar-refractivity contribution in [3.63, 3.8) is 0 Å². The summed E-state index contributed by atoms with van der Waals surface area (Å²) < 4.78 is 0. The molecule has 30 heavy (non-hydrogen) atoms. The fourth-order valence-electron chi connectivity index (χ4n) is 4.74. The van der Waals surface area contributed by atoms with Crippen LogP contribution in [0.1, 0.15) is 50.7 Å². The fourth-order valence-corrected chi connectivity index (χ4v) is 4.74. The van der Waals surface area contributed by atoms with Gasteiger partial charge in [-0.2, -0.15) is 0 Å². The summed E-state index contributed by atoms with van der Waals surface area (Å²) in [5.41, 5.74) is 5.42. The highest BCUT2D eigenvalue weighted by molar-refractivity contribution is 6.21. The predicted molar refractivity (Wildman–Crippen MR) is 133 cm³/mol. The molecule has 5 aromatic rings. The molecular weight excluding hydrogens is 360 g/mol. The van der Waals surface area contributed by atoms with Gasteiger partial charge in [-0.25, -0.2) is 0 Å². The van der Waals surface area contributed by atoms with E-state index < -0.39 is 0 Å². The van der Waals surface area contributed by atoms with E-state index in [-0.39, 0.29) is 0 Å². The molecule has 0 heterocycles. The molecule has 0 heteroatoms. The van der Waals surface area contributed by atoms with E-state index in [1.165, 1.54) is 54.6 Å². The summed E-state index contributed by atoms with van der Waals surface area (Å²) in [4.78, 5) is 0. The second-order valence-corrected chi connectivity index (χ2v) is 9.01. The Balaban J connectivity index is 1.90. The molecule has 0 spiro atoms. The summed E-state index contributed by atoms with van der Waals surface area (Å²) in [6.07, 6.45) is 0. The minimum Gasteiger partial charge on any atom is -0.0616 e. The van der Waals surface area contributed by atoms with Crippen molar-refractivity contribution in [2.45, 2.75) is 39.5 Å². The molecule has 5 aromatic carbocycles. The number of hydrogen-bond donors (Lipinski definition) is 0. The topological polar surface area (TPSA) is 0 Å². The van der Waals surface area contributed by atoms with Crippen LogP contribution in [0.3, 0.4) is 0 Å². The Morgan fingerprint density at radius 3 is 1.60 bits per heavy atom. The molecule has 5 rings (SSSR count). The van der Waals surface area contributed by atoms with Crippen molar-refractivity contribution in [1.82, 2.24) is 0 Å². The second-order valence-electron chi connectivity index (χ2n) is 9.01. The molecule has 0 aliphatic carbocycles.